The molecule has 0 spiro atoms. The van der Waals surface area contributed by atoms with Crippen molar-refractivity contribution in [2.75, 3.05) is 39.5 Å². The Bertz CT molecular complexity index is 784. The second-order valence-corrected chi connectivity index (χ2v) is 8.17. The van der Waals surface area contributed by atoms with E-state index in [4.69, 9.17) is 0 Å². The van der Waals surface area contributed by atoms with Crippen molar-refractivity contribution in [1.29, 1.82) is 0 Å². The van der Waals surface area contributed by atoms with Crippen LogP contribution in [0.4, 0.5) is 13.2 Å². The average Bonchev–Trinajstić information content (AvgIpc) is 2.57. The molecule has 0 aromatic heterocycles. The summed E-state index contributed by atoms with van der Waals surface area (Å²) in [7, 11) is -2.17. The zero-order chi connectivity index (χ0) is 21.4. The number of hydrogen-bond acceptors (Lipinski definition) is 4. The fourth-order valence-electron chi connectivity index (χ4n) is 2.19. The number of alkyl halides is 3. The Morgan fingerprint density at radius 3 is 2.24 bits per heavy atom. The molecular formula is C17H26F3IN4O3S. The number of hydrogen-bond donors (Lipinski definition) is 2. The van der Waals surface area contributed by atoms with Crippen molar-refractivity contribution in [3.8, 4) is 0 Å². The zero-order valence-corrected chi connectivity index (χ0v) is 19.6. The monoisotopic (exact) mass is 550 g/mol. The molecule has 12 heteroatoms. The molecule has 1 aromatic rings. The normalized spacial score (nSPS) is 12.1. The highest BCUT2D eigenvalue weighted by Gasteiger charge is 2.31. The highest BCUT2D eigenvalue weighted by molar-refractivity contribution is 14.0. The SMILES string of the molecule is CCNC(=NCC(=O)N(C)CC(F)(F)F)NCCc1ccc(S(C)(=O)=O)cc1.I. The van der Waals surface area contributed by atoms with Crippen molar-refractivity contribution in [3.63, 3.8) is 0 Å². The molecule has 0 atom stereocenters. The molecule has 166 valence electrons. The first-order valence-electron chi connectivity index (χ1n) is 8.54. The maximum Gasteiger partial charge on any atom is 0.406 e. The number of sulfone groups is 1. The van der Waals surface area contributed by atoms with Gasteiger partial charge in [0.15, 0.2) is 15.8 Å². The van der Waals surface area contributed by atoms with Gasteiger partial charge < -0.3 is 15.5 Å². The van der Waals surface area contributed by atoms with Crippen LogP contribution in [0.3, 0.4) is 0 Å². The van der Waals surface area contributed by atoms with Gasteiger partial charge >= 0.3 is 6.18 Å². The zero-order valence-electron chi connectivity index (χ0n) is 16.4. The Morgan fingerprint density at radius 2 is 1.76 bits per heavy atom. The van der Waals surface area contributed by atoms with Crippen LogP contribution in [0, 0.1) is 0 Å². The fourth-order valence-corrected chi connectivity index (χ4v) is 2.83. The van der Waals surface area contributed by atoms with Gasteiger partial charge in [-0.2, -0.15) is 13.2 Å². The maximum atomic E-state index is 12.3. The van der Waals surface area contributed by atoms with E-state index in [1.807, 2.05) is 6.92 Å². The molecule has 0 bridgehead atoms. The standard InChI is InChI=1S/C17H25F3N4O3S.HI/c1-4-21-16(23-11-15(25)24(2)12-17(18,19)20)22-10-9-13-5-7-14(8-6-13)28(3,26)27;/h5-8H,4,9-12H2,1-3H3,(H2,21,22,23);1H. The Hall–Kier alpha value is -1.57. The summed E-state index contributed by atoms with van der Waals surface area (Å²) in [6.07, 6.45) is -2.75. The lowest BCUT2D eigenvalue weighted by Gasteiger charge is -2.18. The molecule has 0 heterocycles. The first kappa shape index (κ1) is 27.4. The Labute approximate surface area is 186 Å². The largest absolute Gasteiger partial charge is 0.406 e. The van der Waals surface area contributed by atoms with Gasteiger partial charge in [-0.25, -0.2) is 13.4 Å². The van der Waals surface area contributed by atoms with Crippen LogP contribution >= 0.6 is 24.0 Å². The van der Waals surface area contributed by atoms with Crippen LogP contribution < -0.4 is 10.6 Å². The predicted octanol–water partition coefficient (Wildman–Crippen LogP) is 1.83. The second-order valence-electron chi connectivity index (χ2n) is 6.15. The van der Waals surface area contributed by atoms with E-state index in [2.05, 4.69) is 15.6 Å². The fraction of sp³-hybridized carbons (Fsp3) is 0.529. The molecular weight excluding hydrogens is 524 g/mol. The number of likely N-dealkylation sites (N-methyl/N-ethyl adjacent to an activating group) is 1. The molecule has 0 saturated heterocycles. The molecule has 7 nitrogen and oxygen atoms in total. The number of aliphatic imine (C=N–C) groups is 1. The van der Waals surface area contributed by atoms with Gasteiger partial charge in [-0.05, 0) is 31.0 Å². The number of carbonyl (C=O) groups excluding carboxylic acids is 1. The molecule has 29 heavy (non-hydrogen) atoms. The van der Waals surface area contributed by atoms with Gasteiger partial charge in [0, 0.05) is 26.4 Å². The molecule has 0 aliphatic carbocycles. The first-order valence-corrected chi connectivity index (χ1v) is 10.4. The third-order valence-corrected chi connectivity index (χ3v) is 4.74. The molecule has 2 N–H and O–H groups in total. The smallest absolute Gasteiger partial charge is 0.357 e. The van der Waals surface area contributed by atoms with Crippen molar-refractivity contribution >= 4 is 45.7 Å². The summed E-state index contributed by atoms with van der Waals surface area (Å²) >= 11 is 0. The molecule has 0 aliphatic heterocycles. The molecule has 0 aliphatic rings. The number of carbonyl (C=O) groups is 1. The minimum atomic E-state index is -4.45. The summed E-state index contributed by atoms with van der Waals surface area (Å²) in [5.41, 5.74) is 0.900. The first-order chi connectivity index (χ1) is 12.9. The number of nitrogens with one attached hydrogen (secondary N) is 2. The third-order valence-electron chi connectivity index (χ3n) is 3.62. The van der Waals surface area contributed by atoms with Crippen molar-refractivity contribution in [1.82, 2.24) is 15.5 Å². The molecule has 1 rings (SSSR count). The molecule has 0 unspecified atom stereocenters. The summed E-state index contributed by atoms with van der Waals surface area (Å²) < 4.78 is 59.8. The van der Waals surface area contributed by atoms with Crippen molar-refractivity contribution in [3.05, 3.63) is 29.8 Å². The van der Waals surface area contributed by atoms with Gasteiger partial charge in [-0.15, -0.1) is 24.0 Å². The average molecular weight is 550 g/mol. The topological polar surface area (TPSA) is 90.9 Å². The van der Waals surface area contributed by atoms with E-state index < -0.39 is 35.0 Å². The third kappa shape index (κ3) is 11.3. The predicted molar refractivity (Wildman–Crippen MR) is 116 cm³/mol. The van der Waals surface area contributed by atoms with Crippen molar-refractivity contribution in [2.24, 2.45) is 4.99 Å². The minimum absolute atomic E-state index is 0. The lowest BCUT2D eigenvalue weighted by molar-refractivity contribution is -0.157. The van der Waals surface area contributed by atoms with Gasteiger partial charge in [-0.1, -0.05) is 12.1 Å². The van der Waals surface area contributed by atoms with E-state index in [1.165, 1.54) is 12.1 Å². The van der Waals surface area contributed by atoms with Gasteiger partial charge in [-0.3, -0.25) is 4.79 Å². The van der Waals surface area contributed by atoms with Crippen LogP contribution in [0.5, 0.6) is 0 Å². The Balaban J connectivity index is 0.00000784. The van der Waals surface area contributed by atoms with E-state index in [0.717, 1.165) is 18.9 Å². The summed E-state index contributed by atoms with van der Waals surface area (Å²) in [5.74, 6) is -0.435. The van der Waals surface area contributed by atoms with Crippen molar-refractivity contribution in [2.45, 2.75) is 24.4 Å². The van der Waals surface area contributed by atoms with Crippen LogP contribution in [0.15, 0.2) is 34.2 Å². The van der Waals surface area contributed by atoms with E-state index in [0.29, 0.717) is 30.4 Å². The van der Waals surface area contributed by atoms with Crippen molar-refractivity contribution < 1.29 is 26.4 Å². The number of rotatable bonds is 8. The van der Waals surface area contributed by atoms with Crippen LogP contribution in [0.1, 0.15) is 12.5 Å². The van der Waals surface area contributed by atoms with Gasteiger partial charge in [0.1, 0.15) is 13.1 Å². The quantitative estimate of drug-likeness (QED) is 0.293. The lowest BCUT2D eigenvalue weighted by atomic mass is 10.1. The molecule has 1 amide bonds. The van der Waals surface area contributed by atoms with Crippen LogP contribution in [-0.2, 0) is 21.1 Å². The maximum absolute atomic E-state index is 12.3. The number of benzene rings is 1. The molecule has 0 saturated carbocycles. The summed E-state index contributed by atoms with van der Waals surface area (Å²) in [6, 6.07) is 6.47. The van der Waals surface area contributed by atoms with Gasteiger partial charge in [0.05, 0.1) is 4.90 Å². The van der Waals surface area contributed by atoms with Crippen LogP contribution in [-0.4, -0.2) is 70.8 Å². The number of halogens is 4. The molecule has 1 aromatic carbocycles. The summed E-state index contributed by atoms with van der Waals surface area (Å²) in [4.78, 5) is 16.6. The van der Waals surface area contributed by atoms with Gasteiger partial charge in [0.2, 0.25) is 5.91 Å². The minimum Gasteiger partial charge on any atom is -0.357 e. The van der Waals surface area contributed by atoms with Gasteiger partial charge in [0.25, 0.3) is 0 Å². The number of amides is 1. The van der Waals surface area contributed by atoms with E-state index in [-0.39, 0.29) is 28.9 Å². The summed E-state index contributed by atoms with van der Waals surface area (Å²) in [6.45, 7) is 1.04. The number of guanidine groups is 1. The van der Waals surface area contributed by atoms with Crippen LogP contribution in [0.25, 0.3) is 0 Å². The Kier molecular flexibility index (Phi) is 11.5. The second kappa shape index (κ2) is 12.2. The lowest BCUT2D eigenvalue weighted by Crippen LogP contribution is -2.40. The van der Waals surface area contributed by atoms with E-state index in [1.54, 1.807) is 12.1 Å². The number of nitrogens with zero attached hydrogens (tertiary/aromatic N) is 2. The molecule has 0 fully saturated rings. The van der Waals surface area contributed by atoms with E-state index in [9.17, 15) is 26.4 Å². The highest BCUT2D eigenvalue weighted by Crippen LogP contribution is 2.15. The highest BCUT2D eigenvalue weighted by atomic mass is 127. The van der Waals surface area contributed by atoms with E-state index >= 15 is 0 Å². The Morgan fingerprint density at radius 1 is 1.17 bits per heavy atom. The van der Waals surface area contributed by atoms with Crippen LogP contribution in [0.2, 0.25) is 0 Å². The summed E-state index contributed by atoms with van der Waals surface area (Å²) in [5, 5.41) is 5.89. The molecule has 0 radical (unpaired) electrons.